The zero-order chi connectivity index (χ0) is 15.3. The molecule has 6 heteroatoms. The Balaban J connectivity index is 2.27. The van der Waals surface area contributed by atoms with E-state index >= 15 is 0 Å². The standard InChI is InChI=1S/C15H19N3O2S/c1-3-9-16-15-10-14(17-11-18-15)12-5-7-13(8-6-12)21(19,20)4-2/h5-8,10-11H,3-4,9H2,1-2H3,(H,16,17,18). The van der Waals surface area contributed by atoms with Crippen LogP contribution in [0.15, 0.2) is 41.6 Å². The molecule has 1 aromatic carbocycles. The molecule has 2 rings (SSSR count). The summed E-state index contributed by atoms with van der Waals surface area (Å²) in [4.78, 5) is 8.72. The van der Waals surface area contributed by atoms with Gasteiger partial charge < -0.3 is 5.32 Å². The molecule has 1 aromatic heterocycles. The summed E-state index contributed by atoms with van der Waals surface area (Å²) in [7, 11) is -3.16. The zero-order valence-corrected chi connectivity index (χ0v) is 13.0. The predicted octanol–water partition coefficient (Wildman–Crippen LogP) is 2.76. The van der Waals surface area contributed by atoms with Gasteiger partial charge in [0.15, 0.2) is 9.84 Å². The number of rotatable bonds is 6. The third-order valence-electron chi connectivity index (χ3n) is 3.11. The van der Waals surface area contributed by atoms with E-state index in [4.69, 9.17) is 0 Å². The maximum absolute atomic E-state index is 11.8. The first-order chi connectivity index (χ1) is 10.1. The van der Waals surface area contributed by atoms with Crippen molar-refractivity contribution in [2.24, 2.45) is 0 Å². The van der Waals surface area contributed by atoms with Crippen molar-refractivity contribution in [1.29, 1.82) is 0 Å². The summed E-state index contributed by atoms with van der Waals surface area (Å²) in [5.74, 6) is 0.873. The van der Waals surface area contributed by atoms with Crippen molar-refractivity contribution >= 4 is 15.7 Å². The average molecular weight is 305 g/mol. The molecule has 0 amide bonds. The van der Waals surface area contributed by atoms with Gasteiger partial charge in [0, 0.05) is 18.2 Å². The van der Waals surface area contributed by atoms with E-state index in [9.17, 15) is 8.42 Å². The number of sulfone groups is 1. The minimum atomic E-state index is -3.16. The lowest BCUT2D eigenvalue weighted by Crippen LogP contribution is -2.03. The van der Waals surface area contributed by atoms with E-state index in [-0.39, 0.29) is 5.75 Å². The largest absolute Gasteiger partial charge is 0.370 e. The number of hydrogen-bond donors (Lipinski definition) is 1. The lowest BCUT2D eigenvalue weighted by molar-refractivity contribution is 0.597. The number of hydrogen-bond acceptors (Lipinski definition) is 5. The molecule has 0 aliphatic heterocycles. The van der Waals surface area contributed by atoms with Gasteiger partial charge in [-0.3, -0.25) is 0 Å². The fourth-order valence-corrected chi connectivity index (χ4v) is 2.75. The molecule has 0 saturated heterocycles. The Hall–Kier alpha value is -1.95. The summed E-state index contributed by atoms with van der Waals surface area (Å²) < 4.78 is 23.6. The van der Waals surface area contributed by atoms with Gasteiger partial charge in [-0.2, -0.15) is 0 Å². The van der Waals surface area contributed by atoms with Crippen LogP contribution < -0.4 is 5.32 Å². The van der Waals surface area contributed by atoms with E-state index in [1.165, 1.54) is 6.33 Å². The van der Waals surface area contributed by atoms with Crippen molar-refractivity contribution in [3.63, 3.8) is 0 Å². The van der Waals surface area contributed by atoms with Crippen molar-refractivity contribution in [3.8, 4) is 11.3 Å². The van der Waals surface area contributed by atoms with Crippen LogP contribution in [0.4, 0.5) is 5.82 Å². The summed E-state index contributed by atoms with van der Waals surface area (Å²) in [6, 6.07) is 8.65. The molecule has 0 aliphatic rings. The van der Waals surface area contributed by atoms with Gasteiger partial charge in [0.2, 0.25) is 0 Å². The molecule has 0 fully saturated rings. The van der Waals surface area contributed by atoms with Crippen LogP contribution in [0.3, 0.4) is 0 Å². The maximum atomic E-state index is 11.8. The van der Waals surface area contributed by atoms with Crippen molar-refractivity contribution in [1.82, 2.24) is 9.97 Å². The van der Waals surface area contributed by atoms with Gasteiger partial charge in [-0.1, -0.05) is 26.0 Å². The highest BCUT2D eigenvalue weighted by molar-refractivity contribution is 7.91. The topological polar surface area (TPSA) is 72.0 Å². The molecule has 0 unspecified atom stereocenters. The summed E-state index contributed by atoms with van der Waals surface area (Å²) in [5, 5.41) is 3.20. The molecule has 0 saturated carbocycles. The first-order valence-electron chi connectivity index (χ1n) is 6.96. The smallest absolute Gasteiger partial charge is 0.178 e. The van der Waals surface area contributed by atoms with Crippen LogP contribution in [-0.4, -0.2) is 30.7 Å². The highest BCUT2D eigenvalue weighted by Gasteiger charge is 2.11. The Morgan fingerprint density at radius 3 is 2.43 bits per heavy atom. The normalized spacial score (nSPS) is 11.3. The third kappa shape index (κ3) is 3.78. The summed E-state index contributed by atoms with van der Waals surface area (Å²) in [6.45, 7) is 4.57. The van der Waals surface area contributed by atoms with Gasteiger partial charge in [0.25, 0.3) is 0 Å². The molecule has 2 aromatic rings. The summed E-state index contributed by atoms with van der Waals surface area (Å²) in [6.07, 6.45) is 2.52. The van der Waals surface area contributed by atoms with Crippen LogP contribution in [0.25, 0.3) is 11.3 Å². The number of anilines is 1. The summed E-state index contributed by atoms with van der Waals surface area (Å²) >= 11 is 0. The van der Waals surface area contributed by atoms with E-state index in [2.05, 4.69) is 22.2 Å². The maximum Gasteiger partial charge on any atom is 0.178 e. The van der Waals surface area contributed by atoms with Crippen LogP contribution in [0.5, 0.6) is 0 Å². The van der Waals surface area contributed by atoms with Crippen molar-refractivity contribution in [3.05, 3.63) is 36.7 Å². The molecule has 1 N–H and O–H groups in total. The molecule has 0 atom stereocenters. The molecule has 21 heavy (non-hydrogen) atoms. The van der Waals surface area contributed by atoms with Crippen molar-refractivity contribution < 1.29 is 8.42 Å². The second kappa shape index (κ2) is 6.67. The van der Waals surface area contributed by atoms with Crippen LogP contribution >= 0.6 is 0 Å². The van der Waals surface area contributed by atoms with E-state index in [0.29, 0.717) is 4.90 Å². The van der Waals surface area contributed by atoms with Crippen molar-refractivity contribution in [2.45, 2.75) is 25.2 Å². The Kier molecular flexibility index (Phi) is 4.90. The van der Waals surface area contributed by atoms with Crippen LogP contribution in [-0.2, 0) is 9.84 Å². The van der Waals surface area contributed by atoms with Crippen LogP contribution in [0.1, 0.15) is 20.3 Å². The molecule has 112 valence electrons. The van der Waals surface area contributed by atoms with Crippen LogP contribution in [0.2, 0.25) is 0 Å². The highest BCUT2D eigenvalue weighted by atomic mass is 32.2. The van der Waals surface area contributed by atoms with E-state index < -0.39 is 9.84 Å². The highest BCUT2D eigenvalue weighted by Crippen LogP contribution is 2.21. The Morgan fingerprint density at radius 2 is 1.81 bits per heavy atom. The number of nitrogens with one attached hydrogen (secondary N) is 1. The fourth-order valence-electron chi connectivity index (χ4n) is 1.86. The molecule has 5 nitrogen and oxygen atoms in total. The lowest BCUT2D eigenvalue weighted by Gasteiger charge is -2.07. The monoisotopic (exact) mass is 305 g/mol. The molecular weight excluding hydrogens is 286 g/mol. The minimum absolute atomic E-state index is 0.102. The van der Waals surface area contributed by atoms with E-state index in [1.54, 1.807) is 31.2 Å². The molecule has 0 bridgehead atoms. The quantitative estimate of drug-likeness (QED) is 0.888. The minimum Gasteiger partial charge on any atom is -0.370 e. The molecule has 0 radical (unpaired) electrons. The molecule has 0 aliphatic carbocycles. The SMILES string of the molecule is CCCNc1cc(-c2ccc(S(=O)(=O)CC)cc2)ncn1. The van der Waals surface area contributed by atoms with Gasteiger partial charge >= 0.3 is 0 Å². The second-order valence-corrected chi connectivity index (χ2v) is 6.92. The number of aromatic nitrogens is 2. The predicted molar refractivity (Wildman–Crippen MR) is 84.0 cm³/mol. The average Bonchev–Trinajstić information content (AvgIpc) is 2.53. The zero-order valence-electron chi connectivity index (χ0n) is 12.2. The summed E-state index contributed by atoms with van der Waals surface area (Å²) in [5.41, 5.74) is 1.64. The Labute approximate surface area is 125 Å². The van der Waals surface area contributed by atoms with Gasteiger partial charge in [-0.05, 0) is 18.6 Å². The number of benzene rings is 1. The first-order valence-corrected chi connectivity index (χ1v) is 8.61. The van der Waals surface area contributed by atoms with Gasteiger partial charge in [-0.15, -0.1) is 0 Å². The van der Waals surface area contributed by atoms with E-state index in [0.717, 1.165) is 30.0 Å². The van der Waals surface area contributed by atoms with Crippen LogP contribution in [0, 0.1) is 0 Å². The van der Waals surface area contributed by atoms with Gasteiger partial charge in [0.05, 0.1) is 16.3 Å². The second-order valence-electron chi connectivity index (χ2n) is 4.64. The Bertz CT molecular complexity index is 697. The third-order valence-corrected chi connectivity index (χ3v) is 4.86. The Morgan fingerprint density at radius 1 is 1.10 bits per heavy atom. The first kappa shape index (κ1) is 15.4. The lowest BCUT2D eigenvalue weighted by atomic mass is 10.1. The molecule has 0 spiro atoms. The fraction of sp³-hybridized carbons (Fsp3) is 0.333. The number of nitrogens with zero attached hydrogens (tertiary/aromatic N) is 2. The van der Waals surface area contributed by atoms with Gasteiger partial charge in [0.1, 0.15) is 12.1 Å². The van der Waals surface area contributed by atoms with Gasteiger partial charge in [-0.25, -0.2) is 18.4 Å². The van der Waals surface area contributed by atoms with E-state index in [1.807, 2.05) is 6.07 Å². The van der Waals surface area contributed by atoms with Crippen molar-refractivity contribution in [2.75, 3.05) is 17.6 Å². The molecule has 1 heterocycles. The molecular formula is C15H19N3O2S.